The van der Waals surface area contributed by atoms with E-state index in [1.165, 1.54) is 12.3 Å². The predicted molar refractivity (Wildman–Crippen MR) is 65.6 cm³/mol. The minimum absolute atomic E-state index is 0.0967. The lowest BCUT2D eigenvalue weighted by Crippen LogP contribution is -2.21. The van der Waals surface area contributed by atoms with Crippen LogP contribution in [0.4, 0.5) is 19.0 Å². The van der Waals surface area contributed by atoms with Gasteiger partial charge in [-0.15, -0.1) is 0 Å². The molecule has 0 radical (unpaired) electrons. The molecule has 1 N–H and O–H groups in total. The van der Waals surface area contributed by atoms with Crippen LogP contribution in [0.25, 0.3) is 0 Å². The van der Waals surface area contributed by atoms with Crippen molar-refractivity contribution in [2.24, 2.45) is 0 Å². The molecule has 0 bridgehead atoms. The summed E-state index contributed by atoms with van der Waals surface area (Å²) in [4.78, 5) is 15.5. The molecule has 0 saturated heterocycles. The van der Waals surface area contributed by atoms with Crippen LogP contribution in [0.1, 0.15) is 17.3 Å². The fourth-order valence-electron chi connectivity index (χ4n) is 1.35. The number of rotatable bonds is 7. The van der Waals surface area contributed by atoms with Crippen molar-refractivity contribution in [1.82, 2.24) is 4.98 Å². The Bertz CT molecular complexity index is 438. The van der Waals surface area contributed by atoms with Crippen LogP contribution in [0.2, 0.25) is 0 Å². The summed E-state index contributed by atoms with van der Waals surface area (Å²) in [6.45, 7) is 0.535. The van der Waals surface area contributed by atoms with E-state index in [0.717, 1.165) is 0 Å². The molecular formula is C12H15F3N2O3. The number of nitrogens with one attached hydrogen (secondary N) is 1. The van der Waals surface area contributed by atoms with Crippen LogP contribution < -0.4 is 5.32 Å². The molecule has 5 nitrogen and oxygen atoms in total. The van der Waals surface area contributed by atoms with Gasteiger partial charge in [0.15, 0.2) is 0 Å². The van der Waals surface area contributed by atoms with Gasteiger partial charge in [-0.25, -0.2) is 9.78 Å². The number of esters is 1. The Morgan fingerprint density at radius 3 is 2.85 bits per heavy atom. The van der Waals surface area contributed by atoms with E-state index < -0.39 is 18.8 Å². The average molecular weight is 292 g/mol. The summed E-state index contributed by atoms with van der Waals surface area (Å²) >= 11 is 0. The lowest BCUT2D eigenvalue weighted by atomic mass is 10.2. The Balaban J connectivity index is 2.46. The molecule has 0 atom stereocenters. The van der Waals surface area contributed by atoms with Crippen molar-refractivity contribution in [3.63, 3.8) is 0 Å². The van der Waals surface area contributed by atoms with E-state index in [2.05, 4.69) is 15.0 Å². The van der Waals surface area contributed by atoms with Gasteiger partial charge >= 0.3 is 12.1 Å². The third-order valence-electron chi connectivity index (χ3n) is 2.11. The molecule has 0 aliphatic carbocycles. The molecule has 0 aliphatic rings. The van der Waals surface area contributed by atoms with Crippen LogP contribution in [0.3, 0.4) is 0 Å². The molecule has 8 heteroatoms. The minimum atomic E-state index is -4.35. The Morgan fingerprint density at radius 2 is 2.20 bits per heavy atom. The zero-order chi connectivity index (χ0) is 15.0. The van der Waals surface area contributed by atoms with Gasteiger partial charge in [-0.05, 0) is 19.1 Å². The number of pyridine rings is 1. The summed E-state index contributed by atoms with van der Waals surface area (Å²) in [7, 11) is 0. The molecule has 1 heterocycles. The molecule has 112 valence electrons. The van der Waals surface area contributed by atoms with Crippen LogP contribution in [0.15, 0.2) is 18.3 Å². The smallest absolute Gasteiger partial charge is 0.411 e. The average Bonchev–Trinajstić information content (AvgIpc) is 2.38. The van der Waals surface area contributed by atoms with Gasteiger partial charge in [0.25, 0.3) is 0 Å². The summed E-state index contributed by atoms with van der Waals surface area (Å²) in [5.41, 5.74) is 0.227. The molecule has 1 rings (SSSR count). The number of anilines is 1. The molecule has 1 aromatic rings. The first-order chi connectivity index (χ1) is 9.44. The Hall–Kier alpha value is -1.83. The largest absolute Gasteiger partial charge is 0.462 e. The van der Waals surface area contributed by atoms with Crippen LogP contribution >= 0.6 is 0 Å². The van der Waals surface area contributed by atoms with Gasteiger partial charge in [0, 0.05) is 12.7 Å². The van der Waals surface area contributed by atoms with Crippen molar-refractivity contribution in [3.05, 3.63) is 23.9 Å². The monoisotopic (exact) mass is 292 g/mol. The summed E-state index contributed by atoms with van der Waals surface area (Å²) in [6, 6.07) is 3.08. The van der Waals surface area contributed by atoms with Gasteiger partial charge in [-0.3, -0.25) is 0 Å². The van der Waals surface area contributed by atoms with Crippen molar-refractivity contribution in [2.75, 3.05) is 31.7 Å². The van der Waals surface area contributed by atoms with Crippen molar-refractivity contribution in [3.8, 4) is 0 Å². The summed E-state index contributed by atoms with van der Waals surface area (Å²) in [5.74, 6) is -0.291. The van der Waals surface area contributed by atoms with Gasteiger partial charge in [-0.1, -0.05) is 0 Å². The van der Waals surface area contributed by atoms with Crippen molar-refractivity contribution < 1.29 is 27.4 Å². The third kappa shape index (κ3) is 5.87. The molecule has 0 spiro atoms. The van der Waals surface area contributed by atoms with Crippen LogP contribution in [-0.2, 0) is 9.47 Å². The number of hydrogen-bond donors (Lipinski definition) is 1. The second-order valence-electron chi connectivity index (χ2n) is 3.71. The molecule has 1 aromatic heterocycles. The van der Waals surface area contributed by atoms with Crippen LogP contribution in [0.5, 0.6) is 0 Å². The van der Waals surface area contributed by atoms with Crippen molar-refractivity contribution in [1.29, 1.82) is 0 Å². The summed E-state index contributed by atoms with van der Waals surface area (Å²) < 4.78 is 44.8. The molecule has 0 unspecified atom stereocenters. The van der Waals surface area contributed by atoms with E-state index in [9.17, 15) is 18.0 Å². The Labute approximate surface area is 114 Å². The Kier molecular flexibility index (Phi) is 6.23. The molecule has 20 heavy (non-hydrogen) atoms. The highest BCUT2D eigenvalue weighted by Gasteiger charge is 2.27. The second kappa shape index (κ2) is 7.68. The lowest BCUT2D eigenvalue weighted by Gasteiger charge is -2.11. The van der Waals surface area contributed by atoms with Gasteiger partial charge in [-0.2, -0.15) is 13.2 Å². The number of nitrogens with zero attached hydrogens (tertiary/aromatic N) is 1. The number of aromatic nitrogens is 1. The summed E-state index contributed by atoms with van der Waals surface area (Å²) in [5, 5.41) is 2.73. The molecular weight excluding hydrogens is 277 g/mol. The van der Waals surface area contributed by atoms with E-state index in [1.54, 1.807) is 13.0 Å². The SMILES string of the molecule is CCOC(=O)c1cccnc1NCCOCC(F)(F)F. The van der Waals surface area contributed by atoms with E-state index in [1.807, 2.05) is 0 Å². The zero-order valence-electron chi connectivity index (χ0n) is 10.9. The van der Waals surface area contributed by atoms with Crippen LogP contribution in [-0.4, -0.2) is 43.5 Å². The number of alkyl halides is 3. The van der Waals surface area contributed by atoms with Crippen LogP contribution in [0, 0.1) is 0 Å². The van der Waals surface area contributed by atoms with Crippen molar-refractivity contribution >= 4 is 11.8 Å². The molecule has 0 saturated carbocycles. The first-order valence-corrected chi connectivity index (χ1v) is 5.94. The molecule has 0 fully saturated rings. The highest BCUT2D eigenvalue weighted by molar-refractivity contribution is 5.94. The van der Waals surface area contributed by atoms with Crippen molar-refractivity contribution in [2.45, 2.75) is 13.1 Å². The first-order valence-electron chi connectivity index (χ1n) is 5.94. The Morgan fingerprint density at radius 1 is 1.45 bits per heavy atom. The summed E-state index contributed by atoms with van der Waals surface area (Å²) in [6.07, 6.45) is -2.89. The number of carbonyl (C=O) groups is 1. The number of halogens is 3. The van der Waals surface area contributed by atoms with E-state index in [4.69, 9.17) is 4.74 Å². The lowest BCUT2D eigenvalue weighted by molar-refractivity contribution is -0.172. The van der Waals surface area contributed by atoms with E-state index >= 15 is 0 Å². The topological polar surface area (TPSA) is 60.5 Å². The highest BCUT2D eigenvalue weighted by Crippen LogP contribution is 2.15. The fourth-order valence-corrected chi connectivity index (χ4v) is 1.35. The predicted octanol–water partition coefficient (Wildman–Crippen LogP) is 2.25. The zero-order valence-corrected chi connectivity index (χ0v) is 10.9. The maximum atomic E-state index is 11.8. The highest BCUT2D eigenvalue weighted by atomic mass is 19.4. The van der Waals surface area contributed by atoms with E-state index in [0.29, 0.717) is 0 Å². The number of hydrogen-bond acceptors (Lipinski definition) is 5. The van der Waals surface area contributed by atoms with Gasteiger partial charge in [0.1, 0.15) is 18.0 Å². The van der Waals surface area contributed by atoms with Gasteiger partial charge in [0.2, 0.25) is 0 Å². The first kappa shape index (κ1) is 16.2. The quantitative estimate of drug-likeness (QED) is 0.617. The van der Waals surface area contributed by atoms with E-state index in [-0.39, 0.29) is 31.1 Å². The fraction of sp³-hybridized carbons (Fsp3) is 0.500. The maximum Gasteiger partial charge on any atom is 0.411 e. The number of carbonyl (C=O) groups excluding carboxylic acids is 1. The second-order valence-corrected chi connectivity index (χ2v) is 3.71. The van der Waals surface area contributed by atoms with Gasteiger partial charge in [0.05, 0.1) is 13.2 Å². The minimum Gasteiger partial charge on any atom is -0.462 e. The number of ether oxygens (including phenoxy) is 2. The third-order valence-corrected chi connectivity index (χ3v) is 2.11. The molecule has 0 aromatic carbocycles. The normalized spacial score (nSPS) is 11.2. The maximum absolute atomic E-state index is 11.8. The molecule has 0 aliphatic heterocycles. The van der Waals surface area contributed by atoms with Gasteiger partial charge < -0.3 is 14.8 Å². The molecule has 0 amide bonds. The standard InChI is InChI=1S/C12H15F3N2O3/c1-2-20-11(18)9-4-3-5-16-10(9)17-6-7-19-8-12(13,14)15/h3-5H,2,6-8H2,1H3,(H,16,17).